The summed E-state index contributed by atoms with van der Waals surface area (Å²) >= 11 is 0. The quantitative estimate of drug-likeness (QED) is 0.824. The normalized spacial score (nSPS) is 13.8. The summed E-state index contributed by atoms with van der Waals surface area (Å²) < 4.78 is 12.9. The molecule has 0 heterocycles. The summed E-state index contributed by atoms with van der Waals surface area (Å²) in [5.41, 5.74) is 6.68. The van der Waals surface area contributed by atoms with Gasteiger partial charge in [0, 0.05) is 19.1 Å². The molecule has 1 unspecified atom stereocenters. The molecule has 3 N–H and O–H groups in total. The molecule has 0 aliphatic heterocycles. The Labute approximate surface area is 97.0 Å². The molecule has 0 aliphatic rings. The SMILES string of the molecule is CC(C)(C)C(NCCN)c1ccc(F)cc1. The van der Waals surface area contributed by atoms with E-state index in [4.69, 9.17) is 5.73 Å². The van der Waals surface area contributed by atoms with Gasteiger partial charge in [-0.1, -0.05) is 32.9 Å². The Morgan fingerprint density at radius 3 is 2.25 bits per heavy atom. The Balaban J connectivity index is 2.88. The van der Waals surface area contributed by atoms with Crippen molar-refractivity contribution >= 4 is 0 Å². The highest BCUT2D eigenvalue weighted by atomic mass is 19.1. The van der Waals surface area contributed by atoms with Crippen LogP contribution in [-0.4, -0.2) is 13.1 Å². The van der Waals surface area contributed by atoms with Crippen molar-refractivity contribution in [2.45, 2.75) is 26.8 Å². The van der Waals surface area contributed by atoms with Crippen LogP contribution in [0.4, 0.5) is 4.39 Å². The third-order valence-corrected chi connectivity index (χ3v) is 2.56. The number of nitrogens with one attached hydrogen (secondary N) is 1. The van der Waals surface area contributed by atoms with Gasteiger partial charge in [-0.15, -0.1) is 0 Å². The number of hydrogen-bond acceptors (Lipinski definition) is 2. The van der Waals surface area contributed by atoms with Crippen LogP contribution in [0.3, 0.4) is 0 Å². The minimum absolute atomic E-state index is 0.0764. The monoisotopic (exact) mass is 224 g/mol. The molecular weight excluding hydrogens is 203 g/mol. The van der Waals surface area contributed by atoms with Gasteiger partial charge in [0.25, 0.3) is 0 Å². The van der Waals surface area contributed by atoms with Crippen LogP contribution in [0.25, 0.3) is 0 Å². The van der Waals surface area contributed by atoms with Crippen molar-refractivity contribution in [3.8, 4) is 0 Å². The molecule has 0 amide bonds. The van der Waals surface area contributed by atoms with Crippen LogP contribution in [0, 0.1) is 11.2 Å². The Morgan fingerprint density at radius 2 is 1.81 bits per heavy atom. The van der Waals surface area contributed by atoms with Crippen LogP contribution in [0.15, 0.2) is 24.3 Å². The van der Waals surface area contributed by atoms with Crippen molar-refractivity contribution in [1.29, 1.82) is 0 Å². The van der Waals surface area contributed by atoms with Crippen LogP contribution >= 0.6 is 0 Å². The third-order valence-electron chi connectivity index (χ3n) is 2.56. The highest BCUT2D eigenvalue weighted by Gasteiger charge is 2.25. The lowest BCUT2D eigenvalue weighted by molar-refractivity contribution is 0.275. The largest absolute Gasteiger partial charge is 0.329 e. The van der Waals surface area contributed by atoms with Crippen molar-refractivity contribution < 1.29 is 4.39 Å². The molecule has 1 aromatic rings. The molecule has 0 bridgehead atoms. The van der Waals surface area contributed by atoms with Crippen molar-refractivity contribution in [3.63, 3.8) is 0 Å². The summed E-state index contributed by atoms with van der Waals surface area (Å²) in [4.78, 5) is 0. The zero-order valence-electron chi connectivity index (χ0n) is 10.3. The molecule has 0 aliphatic carbocycles. The predicted octanol–water partition coefficient (Wildman–Crippen LogP) is 2.46. The van der Waals surface area contributed by atoms with Crippen molar-refractivity contribution in [1.82, 2.24) is 5.32 Å². The van der Waals surface area contributed by atoms with Crippen LogP contribution in [0.5, 0.6) is 0 Å². The van der Waals surface area contributed by atoms with Crippen molar-refractivity contribution in [2.75, 3.05) is 13.1 Å². The molecule has 1 aromatic carbocycles. The number of benzene rings is 1. The average molecular weight is 224 g/mol. The van der Waals surface area contributed by atoms with Gasteiger partial charge in [-0.25, -0.2) is 4.39 Å². The number of rotatable bonds is 4. The van der Waals surface area contributed by atoms with E-state index in [1.807, 2.05) is 12.1 Å². The van der Waals surface area contributed by atoms with E-state index in [2.05, 4.69) is 26.1 Å². The Morgan fingerprint density at radius 1 is 1.25 bits per heavy atom. The van der Waals surface area contributed by atoms with E-state index in [-0.39, 0.29) is 17.3 Å². The predicted molar refractivity (Wildman–Crippen MR) is 65.7 cm³/mol. The molecule has 2 nitrogen and oxygen atoms in total. The van der Waals surface area contributed by atoms with Gasteiger partial charge in [0.2, 0.25) is 0 Å². The van der Waals surface area contributed by atoms with E-state index in [0.717, 1.165) is 12.1 Å². The van der Waals surface area contributed by atoms with Gasteiger partial charge in [0.1, 0.15) is 5.82 Å². The highest BCUT2D eigenvalue weighted by Crippen LogP contribution is 2.32. The fraction of sp³-hybridized carbons (Fsp3) is 0.538. The first-order chi connectivity index (χ1) is 7.45. The highest BCUT2D eigenvalue weighted by molar-refractivity contribution is 5.21. The van der Waals surface area contributed by atoms with Gasteiger partial charge < -0.3 is 11.1 Å². The van der Waals surface area contributed by atoms with Crippen LogP contribution in [0.2, 0.25) is 0 Å². The van der Waals surface area contributed by atoms with Gasteiger partial charge >= 0.3 is 0 Å². The lowest BCUT2D eigenvalue weighted by atomic mass is 9.82. The molecule has 16 heavy (non-hydrogen) atoms. The number of hydrogen-bond donors (Lipinski definition) is 2. The van der Waals surface area contributed by atoms with Crippen molar-refractivity contribution in [3.05, 3.63) is 35.6 Å². The first-order valence-electron chi connectivity index (χ1n) is 5.64. The van der Waals surface area contributed by atoms with Gasteiger partial charge in [0.15, 0.2) is 0 Å². The van der Waals surface area contributed by atoms with Crippen LogP contribution < -0.4 is 11.1 Å². The van der Waals surface area contributed by atoms with E-state index in [1.165, 1.54) is 12.1 Å². The molecule has 0 radical (unpaired) electrons. The van der Waals surface area contributed by atoms with Crippen LogP contribution in [-0.2, 0) is 0 Å². The Bertz CT molecular complexity index is 314. The molecule has 3 heteroatoms. The van der Waals surface area contributed by atoms with E-state index in [9.17, 15) is 4.39 Å². The average Bonchev–Trinajstić information content (AvgIpc) is 2.19. The molecule has 1 atom stereocenters. The van der Waals surface area contributed by atoms with Gasteiger partial charge in [-0.2, -0.15) is 0 Å². The third kappa shape index (κ3) is 3.58. The zero-order chi connectivity index (χ0) is 12.2. The van der Waals surface area contributed by atoms with Gasteiger partial charge in [0.05, 0.1) is 0 Å². The van der Waals surface area contributed by atoms with E-state index < -0.39 is 0 Å². The molecule has 0 fully saturated rings. The van der Waals surface area contributed by atoms with Crippen molar-refractivity contribution in [2.24, 2.45) is 11.1 Å². The maximum absolute atomic E-state index is 12.9. The van der Waals surface area contributed by atoms with E-state index in [0.29, 0.717) is 6.54 Å². The fourth-order valence-electron chi connectivity index (χ4n) is 1.81. The summed E-state index contributed by atoms with van der Waals surface area (Å²) in [6.07, 6.45) is 0. The summed E-state index contributed by atoms with van der Waals surface area (Å²) in [5, 5.41) is 3.40. The van der Waals surface area contributed by atoms with E-state index in [1.54, 1.807) is 0 Å². The summed E-state index contributed by atoms with van der Waals surface area (Å²) in [6, 6.07) is 6.84. The Kier molecular flexibility index (Phi) is 4.44. The molecule has 90 valence electrons. The standard InChI is InChI=1S/C13H21FN2/c1-13(2,3)12(16-9-8-15)10-4-6-11(14)7-5-10/h4-7,12,16H,8-9,15H2,1-3H3. The second kappa shape index (κ2) is 5.41. The topological polar surface area (TPSA) is 38.0 Å². The molecular formula is C13H21FN2. The Hall–Kier alpha value is -0.930. The molecule has 0 saturated heterocycles. The van der Waals surface area contributed by atoms with Gasteiger partial charge in [-0.05, 0) is 23.1 Å². The maximum atomic E-state index is 12.9. The first-order valence-corrected chi connectivity index (χ1v) is 5.64. The minimum atomic E-state index is -0.199. The zero-order valence-corrected chi connectivity index (χ0v) is 10.3. The van der Waals surface area contributed by atoms with Gasteiger partial charge in [-0.3, -0.25) is 0 Å². The smallest absolute Gasteiger partial charge is 0.123 e. The fourth-order valence-corrected chi connectivity index (χ4v) is 1.81. The summed E-state index contributed by atoms with van der Waals surface area (Å²) in [6.45, 7) is 7.84. The first kappa shape index (κ1) is 13.1. The second-order valence-corrected chi connectivity index (χ2v) is 5.09. The number of halogens is 1. The maximum Gasteiger partial charge on any atom is 0.123 e. The van der Waals surface area contributed by atoms with Crippen LogP contribution in [0.1, 0.15) is 32.4 Å². The molecule has 0 saturated carbocycles. The summed E-state index contributed by atoms with van der Waals surface area (Å²) in [5.74, 6) is -0.199. The van der Waals surface area contributed by atoms with E-state index >= 15 is 0 Å². The summed E-state index contributed by atoms with van der Waals surface area (Å²) in [7, 11) is 0. The number of nitrogens with two attached hydrogens (primary N) is 1. The molecule has 0 aromatic heterocycles. The lowest BCUT2D eigenvalue weighted by Gasteiger charge is -2.32. The molecule has 1 rings (SSSR count). The lowest BCUT2D eigenvalue weighted by Crippen LogP contribution is -2.35. The second-order valence-electron chi connectivity index (χ2n) is 5.09. The molecule has 0 spiro atoms. The minimum Gasteiger partial charge on any atom is -0.329 e.